The molecule has 0 radical (unpaired) electrons. The van der Waals surface area contributed by atoms with Crippen LogP contribution in [-0.4, -0.2) is 0 Å². The molecule has 0 aromatic heterocycles. The first-order valence-corrected chi connectivity index (χ1v) is 12.2. The molecule has 25 heavy (non-hydrogen) atoms. The Labute approximate surface area is 169 Å². The van der Waals surface area contributed by atoms with E-state index in [2.05, 4.69) is 74.5 Å². The third kappa shape index (κ3) is 2.51. The summed E-state index contributed by atoms with van der Waals surface area (Å²) in [5.41, 5.74) is 5.54. The number of halogens is 2. The molecule has 0 fully saturated rings. The average Bonchev–Trinajstić information content (AvgIpc) is 2.69. The Morgan fingerprint density at radius 1 is 0.600 bits per heavy atom. The summed E-state index contributed by atoms with van der Waals surface area (Å²) in [6, 6.07) is 22.4. The molecule has 0 amide bonds. The van der Waals surface area contributed by atoms with Crippen molar-refractivity contribution < 1.29 is 44.6 Å². The van der Waals surface area contributed by atoms with E-state index in [1.54, 1.807) is 0 Å². The number of fused-ring (bicyclic) bond motifs is 1. The second kappa shape index (κ2) is 6.21. The first kappa shape index (κ1) is 16.0. The summed E-state index contributed by atoms with van der Waals surface area (Å²) in [4.78, 5) is 0. The van der Waals surface area contributed by atoms with E-state index < -0.39 is 43.2 Å². The zero-order valence-electron chi connectivity index (χ0n) is 13.9. The van der Waals surface area contributed by atoms with Crippen molar-refractivity contribution in [1.82, 2.24) is 0 Å². The monoisotopic (exact) mass is 550 g/mol. The average molecular weight is 550 g/mol. The maximum atomic E-state index is 6.35. The standard InChI is InChI=1S/C22H16I2O/c1-13-9-11-15-5-3-7-17-21(15)19(13)20-14(2)10-12-16-6-4-8-18(22(16)20)24-25-23-17/h3-12H,1-2H3/q-2. The van der Waals surface area contributed by atoms with Crippen molar-refractivity contribution in [1.29, 1.82) is 0 Å². The molecule has 3 heteroatoms. The third-order valence-electron chi connectivity index (χ3n) is 4.88. The van der Waals surface area contributed by atoms with Crippen LogP contribution in [0.15, 0.2) is 60.7 Å². The summed E-state index contributed by atoms with van der Waals surface area (Å²) in [7, 11) is 0. The first-order valence-electron chi connectivity index (χ1n) is 8.25. The topological polar surface area (TPSA) is 9.23 Å². The second-order valence-corrected chi connectivity index (χ2v) is 12.2. The van der Waals surface area contributed by atoms with Gasteiger partial charge in [0.15, 0.2) is 0 Å². The summed E-state index contributed by atoms with van der Waals surface area (Å²) >= 11 is -0.841. The normalized spacial score (nSPS) is 14.2. The number of aryl methyl sites for hydroxylation is 2. The summed E-state index contributed by atoms with van der Waals surface area (Å²) in [6.07, 6.45) is 0. The Hall–Kier alpha value is -1.18. The first-order chi connectivity index (χ1) is 12.2. The molecule has 4 aromatic rings. The van der Waals surface area contributed by atoms with Gasteiger partial charge >= 0.3 is 170 Å². The Morgan fingerprint density at radius 3 is 1.56 bits per heavy atom. The minimum atomic E-state index is -0.420. The van der Waals surface area contributed by atoms with Gasteiger partial charge in [0.05, 0.1) is 0 Å². The van der Waals surface area contributed by atoms with Crippen LogP contribution in [0.5, 0.6) is 0 Å². The summed E-state index contributed by atoms with van der Waals surface area (Å²) in [6.45, 7) is 4.50. The van der Waals surface area contributed by atoms with Gasteiger partial charge in [0, 0.05) is 0 Å². The van der Waals surface area contributed by atoms with E-state index in [4.69, 9.17) is 1.40 Å². The number of hydrogen-bond donors (Lipinski definition) is 0. The van der Waals surface area contributed by atoms with Gasteiger partial charge in [-0.05, 0) is 0 Å². The van der Waals surface area contributed by atoms with Gasteiger partial charge in [-0.3, -0.25) is 0 Å². The number of benzene rings is 4. The molecule has 0 N–H and O–H groups in total. The van der Waals surface area contributed by atoms with Crippen molar-refractivity contribution >= 4 is 21.5 Å². The van der Waals surface area contributed by atoms with Crippen molar-refractivity contribution in [2.75, 3.05) is 0 Å². The number of hydrogen-bond acceptors (Lipinski definition) is 1. The molecule has 0 saturated carbocycles. The van der Waals surface area contributed by atoms with Crippen LogP contribution in [0.1, 0.15) is 11.1 Å². The zero-order valence-corrected chi connectivity index (χ0v) is 18.3. The van der Waals surface area contributed by atoms with Gasteiger partial charge < -0.3 is 0 Å². The summed E-state index contributed by atoms with van der Waals surface area (Å²) < 4.78 is 9.18. The molecule has 4 aromatic carbocycles. The molecule has 0 spiro atoms. The molecule has 0 unspecified atom stereocenters. The van der Waals surface area contributed by atoms with Crippen LogP contribution in [0.3, 0.4) is 0 Å². The maximum absolute atomic E-state index is 6.35. The van der Waals surface area contributed by atoms with Gasteiger partial charge in [-0.15, -0.1) is 0 Å². The van der Waals surface area contributed by atoms with Crippen LogP contribution in [0.25, 0.3) is 32.7 Å². The van der Waals surface area contributed by atoms with Gasteiger partial charge in [-0.25, -0.2) is 0 Å². The van der Waals surface area contributed by atoms with Crippen molar-refractivity contribution in [3.8, 4) is 11.1 Å². The van der Waals surface area contributed by atoms with Gasteiger partial charge in [-0.1, -0.05) is 0 Å². The molecule has 0 aliphatic carbocycles. The van der Waals surface area contributed by atoms with Gasteiger partial charge in [0.1, 0.15) is 0 Å². The molecular formula is C22H16I2O-2. The van der Waals surface area contributed by atoms with E-state index in [0.717, 1.165) is 0 Å². The third-order valence-corrected chi connectivity index (χ3v) is 10.2. The Kier molecular flexibility index (Phi) is 3.98. The molecule has 1 nitrogen and oxygen atoms in total. The Bertz CT molecular complexity index is 1060. The van der Waals surface area contributed by atoms with E-state index in [-0.39, 0.29) is 0 Å². The Morgan fingerprint density at radius 2 is 1.08 bits per heavy atom. The van der Waals surface area contributed by atoms with Crippen LogP contribution in [0, 0.1) is 21.0 Å². The van der Waals surface area contributed by atoms with Crippen molar-refractivity contribution in [3.63, 3.8) is 0 Å². The van der Waals surface area contributed by atoms with E-state index in [1.807, 2.05) is 0 Å². The Balaban J connectivity index is 2.08. The van der Waals surface area contributed by atoms with Gasteiger partial charge in [0.2, 0.25) is 0 Å². The van der Waals surface area contributed by atoms with Gasteiger partial charge in [0.25, 0.3) is 0 Å². The molecule has 1 heterocycles. The molecule has 126 valence electrons. The predicted octanol–water partition coefficient (Wildman–Crippen LogP) is -0.346. The van der Waals surface area contributed by atoms with E-state index >= 15 is 0 Å². The molecule has 1 aliphatic rings. The number of rotatable bonds is 0. The summed E-state index contributed by atoms with van der Waals surface area (Å²) in [5.74, 6) is 0. The van der Waals surface area contributed by atoms with E-state index in [1.165, 1.54) is 50.9 Å². The summed E-state index contributed by atoms with van der Waals surface area (Å²) in [5, 5.41) is 5.48. The molecule has 0 saturated heterocycles. The molecule has 5 rings (SSSR count). The molecule has 0 atom stereocenters. The fraction of sp³-hybridized carbons (Fsp3) is 0.0909. The quantitative estimate of drug-likeness (QED) is 0.273. The van der Waals surface area contributed by atoms with Crippen LogP contribution >= 0.6 is 0 Å². The van der Waals surface area contributed by atoms with Gasteiger partial charge in [-0.2, -0.15) is 0 Å². The minimum absolute atomic E-state index is 0.420. The second-order valence-electron chi connectivity index (χ2n) is 6.40. The van der Waals surface area contributed by atoms with Crippen LogP contribution in [-0.2, 0) is 1.40 Å². The zero-order chi connectivity index (χ0) is 17.0. The SMILES string of the molecule is Cc1ccc2cccc3c2c1-c1c(C)ccc2cccc(c12)[I-]O[I-]3. The molecular weight excluding hydrogens is 534 g/mol. The van der Waals surface area contributed by atoms with Crippen molar-refractivity contribution in [2.45, 2.75) is 13.8 Å². The van der Waals surface area contributed by atoms with Crippen molar-refractivity contribution in [3.05, 3.63) is 78.9 Å². The van der Waals surface area contributed by atoms with Crippen LogP contribution in [0.2, 0.25) is 0 Å². The molecule has 1 aliphatic heterocycles. The van der Waals surface area contributed by atoms with Crippen LogP contribution < -0.4 is 43.2 Å². The van der Waals surface area contributed by atoms with E-state index in [0.29, 0.717) is 0 Å². The fourth-order valence-electron chi connectivity index (χ4n) is 3.73. The van der Waals surface area contributed by atoms with E-state index in [9.17, 15) is 0 Å². The fourth-order valence-corrected chi connectivity index (χ4v) is 9.45. The van der Waals surface area contributed by atoms with Crippen molar-refractivity contribution in [2.24, 2.45) is 0 Å². The molecule has 0 bridgehead atoms. The predicted molar refractivity (Wildman–Crippen MR) is 94.8 cm³/mol. The van der Waals surface area contributed by atoms with Crippen LogP contribution in [0.4, 0.5) is 0 Å².